The van der Waals surface area contributed by atoms with Crippen molar-refractivity contribution in [2.75, 3.05) is 19.1 Å². The second-order valence-electron chi connectivity index (χ2n) is 11.0. The quantitative estimate of drug-likeness (QED) is 0.327. The number of imide groups is 1. The van der Waals surface area contributed by atoms with E-state index >= 15 is 0 Å². The van der Waals surface area contributed by atoms with Gasteiger partial charge in [0.25, 0.3) is 0 Å². The molecule has 2 aromatic rings. The van der Waals surface area contributed by atoms with Crippen LogP contribution in [0.2, 0.25) is 0 Å². The van der Waals surface area contributed by atoms with Gasteiger partial charge in [0.1, 0.15) is 17.2 Å². The van der Waals surface area contributed by atoms with Gasteiger partial charge in [0.2, 0.25) is 11.8 Å². The van der Waals surface area contributed by atoms with E-state index < -0.39 is 23.7 Å². The summed E-state index contributed by atoms with van der Waals surface area (Å²) in [6.45, 7) is 3.64. The first-order valence-corrected chi connectivity index (χ1v) is 13.8. The Kier molecular flexibility index (Phi) is 6.44. The number of phenolic OH excluding ortho intramolecular Hbond substituents is 1. The van der Waals surface area contributed by atoms with Gasteiger partial charge in [-0.3, -0.25) is 24.1 Å². The highest BCUT2D eigenvalue weighted by atomic mass is 16.5. The van der Waals surface area contributed by atoms with Gasteiger partial charge < -0.3 is 14.6 Å². The predicted octanol–water partition coefficient (Wildman–Crippen LogP) is 4.61. The first-order chi connectivity index (χ1) is 19.7. The average Bonchev–Trinajstić information content (AvgIpc) is 3.24. The lowest BCUT2D eigenvalue weighted by molar-refractivity contribution is -0.123. The van der Waals surface area contributed by atoms with Crippen molar-refractivity contribution in [1.82, 2.24) is 0 Å². The zero-order valence-corrected chi connectivity index (χ0v) is 23.4. The molecule has 0 bridgehead atoms. The molecule has 3 aliphatic carbocycles. The lowest BCUT2D eigenvalue weighted by Crippen LogP contribution is -2.40. The van der Waals surface area contributed by atoms with Crippen LogP contribution < -0.4 is 14.4 Å². The third-order valence-electron chi connectivity index (χ3n) is 9.01. The number of fused-ring (bicyclic) bond motifs is 3. The Morgan fingerprint density at radius 3 is 2.37 bits per heavy atom. The van der Waals surface area contributed by atoms with Gasteiger partial charge in [-0.15, -0.1) is 0 Å². The van der Waals surface area contributed by atoms with Crippen LogP contribution in [-0.2, 0) is 25.6 Å². The standard InChI is InChI=1S/C33H31NO7/c1-5-17-6-8-18(9-7-17)34-32(38)21-11-10-20-22(27(21)33(34)39)15-23-24(35)12-16(2)31(37)29(23)28(20)30-25(36)13-19(40-3)14-26(30)41-4/h6-10,12-14,21-22,27-28,36H,5,11,15H2,1-4H3/t21-,22+,27-,28-/m0/s1. The molecule has 0 aromatic heterocycles. The summed E-state index contributed by atoms with van der Waals surface area (Å²) in [5, 5.41) is 11.3. The number of aromatic hydroxyl groups is 1. The number of carbonyl (C=O) groups is 4. The molecule has 0 saturated carbocycles. The van der Waals surface area contributed by atoms with Gasteiger partial charge in [-0.25, -0.2) is 0 Å². The van der Waals surface area contributed by atoms with Crippen LogP contribution in [0.1, 0.15) is 43.7 Å². The van der Waals surface area contributed by atoms with Crippen LogP contribution >= 0.6 is 0 Å². The molecule has 0 radical (unpaired) electrons. The molecule has 41 heavy (non-hydrogen) atoms. The van der Waals surface area contributed by atoms with E-state index in [1.54, 1.807) is 25.1 Å². The van der Waals surface area contributed by atoms with Crippen molar-refractivity contribution >= 4 is 29.1 Å². The number of ketones is 2. The molecule has 2 aromatic carbocycles. The van der Waals surface area contributed by atoms with Crippen LogP contribution in [0.25, 0.3) is 0 Å². The van der Waals surface area contributed by atoms with Gasteiger partial charge in [-0.1, -0.05) is 30.7 Å². The number of benzene rings is 2. The molecule has 4 aliphatic rings. The number of ether oxygens (including phenoxy) is 2. The average molecular weight is 554 g/mol. The Labute approximate surface area is 237 Å². The summed E-state index contributed by atoms with van der Waals surface area (Å²) in [5.74, 6) is -3.26. The maximum absolute atomic E-state index is 14.0. The number of phenols is 1. The van der Waals surface area contributed by atoms with E-state index in [-0.39, 0.29) is 35.6 Å². The number of Topliss-reactive ketones (excluding diaryl/α,β-unsaturated/α-hetero) is 1. The minimum atomic E-state index is -0.827. The molecule has 1 saturated heterocycles. The third kappa shape index (κ3) is 3.96. The fourth-order valence-corrected chi connectivity index (χ4v) is 6.99. The molecule has 4 atom stereocenters. The van der Waals surface area contributed by atoms with Gasteiger partial charge >= 0.3 is 0 Å². The van der Waals surface area contributed by atoms with Crippen LogP contribution in [-0.4, -0.2) is 42.7 Å². The zero-order valence-electron chi connectivity index (χ0n) is 23.4. The van der Waals surface area contributed by atoms with E-state index in [1.807, 2.05) is 25.1 Å². The highest BCUT2D eigenvalue weighted by Gasteiger charge is 2.57. The second-order valence-corrected chi connectivity index (χ2v) is 11.0. The van der Waals surface area contributed by atoms with Crippen LogP contribution in [0.5, 0.6) is 17.2 Å². The lowest BCUT2D eigenvalue weighted by Gasteiger charge is -2.42. The van der Waals surface area contributed by atoms with E-state index in [0.717, 1.165) is 17.6 Å². The number of rotatable bonds is 5. The molecule has 6 rings (SSSR count). The van der Waals surface area contributed by atoms with Crippen molar-refractivity contribution in [1.29, 1.82) is 0 Å². The number of methoxy groups -OCH3 is 2. The number of anilines is 1. The molecule has 1 heterocycles. The monoisotopic (exact) mass is 553 g/mol. The lowest BCUT2D eigenvalue weighted by atomic mass is 9.59. The Morgan fingerprint density at radius 1 is 0.976 bits per heavy atom. The minimum Gasteiger partial charge on any atom is -0.507 e. The maximum Gasteiger partial charge on any atom is 0.238 e. The predicted molar refractivity (Wildman–Crippen MR) is 151 cm³/mol. The molecule has 1 N–H and O–H groups in total. The maximum atomic E-state index is 14.0. The van der Waals surface area contributed by atoms with Crippen molar-refractivity contribution in [3.05, 3.63) is 82.0 Å². The Hall–Kier alpha value is -4.46. The molecular formula is C33H31NO7. The fourth-order valence-electron chi connectivity index (χ4n) is 6.99. The normalized spacial score (nSPS) is 25.4. The SMILES string of the molecule is CCc1ccc(N2C(=O)[C@H]3[C@H](CC=C4[C@H](c5c(O)cc(OC)cc5OC)C5=C(C[C@H]43)C(=O)C=C(C)C5=O)C2=O)cc1. The zero-order chi connectivity index (χ0) is 29.2. The van der Waals surface area contributed by atoms with Crippen LogP contribution in [0, 0.1) is 17.8 Å². The number of carbonyl (C=O) groups excluding carboxylic acids is 4. The van der Waals surface area contributed by atoms with E-state index in [9.17, 15) is 24.3 Å². The summed E-state index contributed by atoms with van der Waals surface area (Å²) in [4.78, 5) is 56.0. The summed E-state index contributed by atoms with van der Waals surface area (Å²) >= 11 is 0. The number of allylic oxidation sites excluding steroid dienone is 6. The molecule has 1 aliphatic heterocycles. The number of amides is 2. The van der Waals surface area contributed by atoms with Crippen molar-refractivity contribution < 1.29 is 33.8 Å². The van der Waals surface area contributed by atoms with Crippen LogP contribution in [0.15, 0.2) is 70.8 Å². The van der Waals surface area contributed by atoms with E-state index in [1.165, 1.54) is 31.3 Å². The smallest absolute Gasteiger partial charge is 0.238 e. The van der Waals surface area contributed by atoms with E-state index in [0.29, 0.717) is 45.9 Å². The van der Waals surface area contributed by atoms with Crippen molar-refractivity contribution in [2.24, 2.45) is 17.8 Å². The molecule has 8 nitrogen and oxygen atoms in total. The first kappa shape index (κ1) is 26.7. The number of nitrogens with zero attached hydrogens (tertiary/aromatic N) is 1. The third-order valence-corrected chi connectivity index (χ3v) is 9.01. The van der Waals surface area contributed by atoms with Gasteiger partial charge in [0.15, 0.2) is 11.6 Å². The summed E-state index contributed by atoms with van der Waals surface area (Å²) < 4.78 is 11.0. The number of hydrogen-bond acceptors (Lipinski definition) is 7. The molecule has 1 fully saturated rings. The molecular weight excluding hydrogens is 522 g/mol. The van der Waals surface area contributed by atoms with Crippen molar-refractivity contribution in [3.8, 4) is 17.2 Å². The summed E-state index contributed by atoms with van der Waals surface area (Å²) in [7, 11) is 2.93. The molecule has 210 valence electrons. The van der Waals surface area contributed by atoms with Crippen molar-refractivity contribution in [2.45, 2.75) is 39.0 Å². The Balaban J connectivity index is 1.51. The van der Waals surface area contributed by atoms with Crippen LogP contribution in [0.3, 0.4) is 0 Å². The summed E-state index contributed by atoms with van der Waals surface area (Å²) in [6.07, 6.45) is 4.56. The molecule has 8 heteroatoms. The van der Waals surface area contributed by atoms with Crippen LogP contribution in [0.4, 0.5) is 5.69 Å². The van der Waals surface area contributed by atoms with E-state index in [4.69, 9.17) is 9.47 Å². The fraction of sp³-hybridized carbons (Fsp3) is 0.333. The molecule has 2 amide bonds. The number of hydrogen-bond donors (Lipinski definition) is 1. The van der Waals surface area contributed by atoms with Gasteiger partial charge in [-0.2, -0.15) is 0 Å². The van der Waals surface area contributed by atoms with Gasteiger partial charge in [0, 0.05) is 40.3 Å². The Morgan fingerprint density at radius 2 is 1.71 bits per heavy atom. The molecule has 0 unspecified atom stereocenters. The first-order valence-electron chi connectivity index (χ1n) is 13.8. The largest absolute Gasteiger partial charge is 0.507 e. The van der Waals surface area contributed by atoms with E-state index in [2.05, 4.69) is 0 Å². The summed E-state index contributed by atoms with van der Waals surface area (Å²) in [6, 6.07) is 10.5. The topological polar surface area (TPSA) is 110 Å². The number of aryl methyl sites for hydroxylation is 1. The highest BCUT2D eigenvalue weighted by molar-refractivity contribution is 6.25. The molecule has 0 spiro atoms. The van der Waals surface area contributed by atoms with Gasteiger partial charge in [0.05, 0.1) is 31.7 Å². The Bertz CT molecular complexity index is 1610. The van der Waals surface area contributed by atoms with Gasteiger partial charge in [-0.05, 0) is 55.9 Å². The summed E-state index contributed by atoms with van der Waals surface area (Å²) in [5.41, 5.74) is 3.61. The minimum absolute atomic E-state index is 0.152. The van der Waals surface area contributed by atoms with Crippen molar-refractivity contribution in [3.63, 3.8) is 0 Å². The highest BCUT2D eigenvalue weighted by Crippen LogP contribution is 2.58. The second kappa shape index (κ2) is 9.87.